The third-order valence-electron chi connectivity index (χ3n) is 3.36. The van der Waals surface area contributed by atoms with Crippen molar-refractivity contribution in [3.05, 3.63) is 23.3 Å². The number of carbonyl (C=O) groups excluding carboxylic acids is 2. The minimum atomic E-state index is -0.338. The average molecular weight is 288 g/mol. The molecule has 0 unspecified atom stereocenters. The third-order valence-corrected chi connectivity index (χ3v) is 3.36. The van der Waals surface area contributed by atoms with E-state index in [0.29, 0.717) is 18.9 Å². The summed E-state index contributed by atoms with van der Waals surface area (Å²) < 4.78 is 1.54. The molecule has 110 valence electrons. The second kappa shape index (κ2) is 5.12. The molecule has 0 radical (unpaired) electrons. The van der Waals surface area contributed by atoms with Gasteiger partial charge in [-0.1, -0.05) is 0 Å². The highest BCUT2D eigenvalue weighted by atomic mass is 16.2. The molecule has 1 aliphatic heterocycles. The predicted octanol–water partition coefficient (Wildman–Crippen LogP) is -0.297. The van der Waals surface area contributed by atoms with E-state index in [1.807, 2.05) is 19.9 Å². The first-order valence-electron chi connectivity index (χ1n) is 6.81. The fraction of sp³-hybridized carbons (Fsp3) is 0.462. The monoisotopic (exact) mass is 288 g/mol. The van der Waals surface area contributed by atoms with Crippen LogP contribution in [0.1, 0.15) is 28.4 Å². The summed E-state index contributed by atoms with van der Waals surface area (Å²) in [6.45, 7) is 4.88. The van der Waals surface area contributed by atoms with E-state index in [1.54, 1.807) is 0 Å². The van der Waals surface area contributed by atoms with Gasteiger partial charge in [0.15, 0.2) is 0 Å². The van der Waals surface area contributed by atoms with Crippen LogP contribution in [0.15, 0.2) is 6.07 Å². The maximum absolute atomic E-state index is 12.4. The number of fused-ring (bicyclic) bond motifs is 1. The summed E-state index contributed by atoms with van der Waals surface area (Å²) in [5.41, 5.74) is 1.68. The van der Waals surface area contributed by atoms with Crippen molar-refractivity contribution in [3.8, 4) is 0 Å². The van der Waals surface area contributed by atoms with Crippen LogP contribution in [0.5, 0.6) is 0 Å². The van der Waals surface area contributed by atoms with E-state index < -0.39 is 0 Å². The minimum absolute atomic E-state index is 0.0415. The van der Waals surface area contributed by atoms with Gasteiger partial charge in [0.25, 0.3) is 11.7 Å². The molecule has 8 heteroatoms. The molecule has 1 saturated heterocycles. The van der Waals surface area contributed by atoms with Crippen molar-refractivity contribution in [2.75, 3.05) is 19.6 Å². The summed E-state index contributed by atoms with van der Waals surface area (Å²) in [7, 11) is 0. The van der Waals surface area contributed by atoms with Crippen molar-refractivity contribution in [1.82, 2.24) is 29.8 Å². The zero-order valence-corrected chi connectivity index (χ0v) is 12.0. The first kappa shape index (κ1) is 13.5. The van der Waals surface area contributed by atoms with Gasteiger partial charge in [0.2, 0.25) is 11.7 Å². The second-order valence-electron chi connectivity index (χ2n) is 5.12. The molecule has 0 spiro atoms. The SMILES string of the molecule is Cc1cc(C)n2nc(C(=O)N3CCCNC(=O)C3)nc2n1. The molecule has 2 aromatic heterocycles. The lowest BCUT2D eigenvalue weighted by atomic mass is 10.3. The minimum Gasteiger partial charge on any atom is -0.354 e. The van der Waals surface area contributed by atoms with Crippen LogP contribution < -0.4 is 5.32 Å². The van der Waals surface area contributed by atoms with Gasteiger partial charge in [0, 0.05) is 24.5 Å². The van der Waals surface area contributed by atoms with Crippen molar-refractivity contribution in [1.29, 1.82) is 0 Å². The van der Waals surface area contributed by atoms with Gasteiger partial charge in [0.05, 0.1) is 6.54 Å². The summed E-state index contributed by atoms with van der Waals surface area (Å²) >= 11 is 0. The summed E-state index contributed by atoms with van der Waals surface area (Å²) in [4.78, 5) is 33.9. The van der Waals surface area contributed by atoms with Crippen molar-refractivity contribution < 1.29 is 9.59 Å². The quantitative estimate of drug-likeness (QED) is 0.778. The Morgan fingerprint density at radius 3 is 2.95 bits per heavy atom. The topological polar surface area (TPSA) is 92.5 Å². The van der Waals surface area contributed by atoms with E-state index in [0.717, 1.165) is 17.8 Å². The van der Waals surface area contributed by atoms with Gasteiger partial charge in [-0.2, -0.15) is 4.98 Å². The number of rotatable bonds is 1. The molecule has 3 rings (SSSR count). The summed E-state index contributed by atoms with van der Waals surface area (Å²) in [6.07, 6.45) is 0.723. The Balaban J connectivity index is 1.94. The third kappa shape index (κ3) is 2.56. The maximum Gasteiger partial charge on any atom is 0.294 e. The van der Waals surface area contributed by atoms with Gasteiger partial charge in [-0.05, 0) is 26.3 Å². The van der Waals surface area contributed by atoms with Gasteiger partial charge in [-0.25, -0.2) is 9.50 Å². The zero-order valence-electron chi connectivity index (χ0n) is 12.0. The van der Waals surface area contributed by atoms with Crippen LogP contribution in [0.25, 0.3) is 5.78 Å². The maximum atomic E-state index is 12.4. The molecule has 0 aromatic carbocycles. The molecule has 2 aromatic rings. The summed E-state index contributed by atoms with van der Waals surface area (Å²) in [5, 5.41) is 6.94. The summed E-state index contributed by atoms with van der Waals surface area (Å²) in [5.74, 6) is -0.0228. The van der Waals surface area contributed by atoms with E-state index in [9.17, 15) is 9.59 Å². The number of aryl methyl sites for hydroxylation is 2. The molecule has 1 fully saturated rings. The van der Waals surface area contributed by atoms with Crippen LogP contribution in [0.4, 0.5) is 0 Å². The smallest absolute Gasteiger partial charge is 0.294 e. The number of amides is 2. The molecule has 1 N–H and O–H groups in total. The molecule has 0 aliphatic carbocycles. The average Bonchev–Trinajstić information content (AvgIpc) is 2.73. The molecule has 0 atom stereocenters. The largest absolute Gasteiger partial charge is 0.354 e. The Hall–Kier alpha value is -2.51. The highest BCUT2D eigenvalue weighted by Crippen LogP contribution is 2.08. The Morgan fingerprint density at radius 2 is 2.14 bits per heavy atom. The first-order chi connectivity index (χ1) is 10.0. The van der Waals surface area contributed by atoms with Gasteiger partial charge in [-0.15, -0.1) is 5.10 Å². The Labute approximate surface area is 121 Å². The van der Waals surface area contributed by atoms with E-state index in [2.05, 4.69) is 20.4 Å². The van der Waals surface area contributed by atoms with Crippen molar-refractivity contribution >= 4 is 17.6 Å². The van der Waals surface area contributed by atoms with Crippen LogP contribution in [0, 0.1) is 13.8 Å². The molecule has 3 heterocycles. The number of nitrogens with one attached hydrogen (secondary N) is 1. The Kier molecular flexibility index (Phi) is 3.28. The van der Waals surface area contributed by atoms with E-state index >= 15 is 0 Å². The van der Waals surface area contributed by atoms with Crippen molar-refractivity contribution in [2.24, 2.45) is 0 Å². The molecular weight excluding hydrogens is 272 g/mol. The molecule has 21 heavy (non-hydrogen) atoms. The Bertz CT molecular complexity index is 723. The number of hydrogen-bond donors (Lipinski definition) is 1. The lowest BCUT2D eigenvalue weighted by molar-refractivity contribution is -0.121. The molecule has 0 bridgehead atoms. The second-order valence-corrected chi connectivity index (χ2v) is 5.12. The predicted molar refractivity (Wildman–Crippen MR) is 73.8 cm³/mol. The molecule has 1 aliphatic rings. The molecule has 8 nitrogen and oxygen atoms in total. The van der Waals surface area contributed by atoms with Crippen LogP contribution in [-0.4, -0.2) is 55.9 Å². The normalized spacial score (nSPS) is 15.9. The van der Waals surface area contributed by atoms with Crippen LogP contribution >= 0.6 is 0 Å². The number of aromatic nitrogens is 4. The molecule has 0 saturated carbocycles. The van der Waals surface area contributed by atoms with Gasteiger partial charge in [0.1, 0.15) is 0 Å². The Morgan fingerprint density at radius 1 is 1.33 bits per heavy atom. The van der Waals surface area contributed by atoms with Crippen LogP contribution in [0.3, 0.4) is 0 Å². The number of nitrogens with zero attached hydrogens (tertiary/aromatic N) is 5. The first-order valence-corrected chi connectivity index (χ1v) is 6.81. The van der Waals surface area contributed by atoms with E-state index in [-0.39, 0.29) is 24.2 Å². The highest BCUT2D eigenvalue weighted by Gasteiger charge is 2.24. The lowest BCUT2D eigenvalue weighted by Crippen LogP contribution is -2.37. The van der Waals surface area contributed by atoms with Gasteiger partial charge < -0.3 is 10.2 Å². The number of hydrogen-bond acceptors (Lipinski definition) is 5. The lowest BCUT2D eigenvalue weighted by Gasteiger charge is -2.16. The van der Waals surface area contributed by atoms with E-state index in [1.165, 1.54) is 9.42 Å². The van der Waals surface area contributed by atoms with Crippen molar-refractivity contribution in [2.45, 2.75) is 20.3 Å². The van der Waals surface area contributed by atoms with Crippen molar-refractivity contribution in [3.63, 3.8) is 0 Å². The fourth-order valence-corrected chi connectivity index (χ4v) is 2.38. The van der Waals surface area contributed by atoms with E-state index in [4.69, 9.17) is 0 Å². The molecular formula is C13H16N6O2. The van der Waals surface area contributed by atoms with Crippen LogP contribution in [0.2, 0.25) is 0 Å². The van der Waals surface area contributed by atoms with Crippen LogP contribution in [-0.2, 0) is 4.79 Å². The number of carbonyl (C=O) groups is 2. The van der Waals surface area contributed by atoms with Gasteiger partial charge >= 0.3 is 0 Å². The summed E-state index contributed by atoms with van der Waals surface area (Å²) in [6, 6.07) is 1.87. The zero-order chi connectivity index (χ0) is 15.0. The van der Waals surface area contributed by atoms with Gasteiger partial charge in [-0.3, -0.25) is 9.59 Å². The molecule has 2 amide bonds. The highest BCUT2D eigenvalue weighted by molar-refractivity contribution is 5.94. The fourth-order valence-electron chi connectivity index (χ4n) is 2.38. The standard InChI is InChI=1S/C13H16N6O2/c1-8-6-9(2)19-13(15-8)16-11(17-19)12(21)18-5-3-4-14-10(20)7-18/h6H,3-5,7H2,1-2H3,(H,14,20).